The van der Waals surface area contributed by atoms with Gasteiger partial charge in [0.2, 0.25) is 5.95 Å². The maximum Gasteiger partial charge on any atom is 0.274 e. The van der Waals surface area contributed by atoms with Gasteiger partial charge in [0, 0.05) is 11.6 Å². The number of para-hydroxylation sites is 1. The molecule has 3 aromatic rings. The average Bonchev–Trinajstić information content (AvgIpc) is 3.21. The minimum Gasteiger partial charge on any atom is -0.494 e. The van der Waals surface area contributed by atoms with Crippen molar-refractivity contribution < 1.29 is 14.3 Å². The van der Waals surface area contributed by atoms with Crippen LogP contribution < -0.4 is 10.5 Å². The van der Waals surface area contributed by atoms with E-state index in [-0.39, 0.29) is 23.9 Å². The molecule has 4 heterocycles. The maximum atomic E-state index is 13.1. The van der Waals surface area contributed by atoms with Crippen LogP contribution in [0.1, 0.15) is 23.3 Å². The first-order valence-corrected chi connectivity index (χ1v) is 8.69. The Morgan fingerprint density at radius 3 is 2.77 bits per heavy atom. The number of benzene rings is 1. The second-order valence-corrected chi connectivity index (χ2v) is 6.78. The third kappa shape index (κ3) is 2.08. The monoisotopic (exact) mass is 353 g/mol. The highest BCUT2D eigenvalue weighted by atomic mass is 16.5. The van der Waals surface area contributed by atoms with Gasteiger partial charge < -0.3 is 20.1 Å². The van der Waals surface area contributed by atoms with E-state index in [0.717, 1.165) is 18.2 Å². The first-order valence-electron chi connectivity index (χ1n) is 8.69. The number of aromatic nitrogens is 3. The average molecular weight is 353 g/mol. The summed E-state index contributed by atoms with van der Waals surface area (Å²) in [5, 5.41) is 0.794. The molecule has 2 N–H and O–H groups in total. The number of methoxy groups -OCH3 is 1. The fourth-order valence-electron chi connectivity index (χ4n) is 4.09. The number of hydrogen-bond donors (Lipinski definition) is 1. The van der Waals surface area contributed by atoms with Gasteiger partial charge in [-0.15, -0.1) is 0 Å². The van der Waals surface area contributed by atoms with E-state index >= 15 is 0 Å². The van der Waals surface area contributed by atoms with Crippen molar-refractivity contribution in [1.82, 2.24) is 19.3 Å². The predicted octanol–water partition coefficient (Wildman–Crippen LogP) is 1.48. The summed E-state index contributed by atoms with van der Waals surface area (Å²) in [6.07, 6.45) is 3.63. The van der Waals surface area contributed by atoms with Crippen LogP contribution in [0.25, 0.3) is 16.6 Å². The lowest BCUT2D eigenvalue weighted by molar-refractivity contribution is -0.00742. The third-order valence-corrected chi connectivity index (χ3v) is 5.33. The molecule has 0 spiro atoms. The van der Waals surface area contributed by atoms with Gasteiger partial charge in [-0.3, -0.25) is 9.20 Å². The molecule has 0 radical (unpaired) electrons. The number of rotatable bonds is 2. The summed E-state index contributed by atoms with van der Waals surface area (Å²) in [4.78, 5) is 24.1. The number of fused-ring (bicyclic) bond motifs is 5. The van der Waals surface area contributed by atoms with E-state index in [1.54, 1.807) is 17.7 Å². The number of amides is 1. The molecule has 2 unspecified atom stereocenters. The Labute approximate surface area is 149 Å². The smallest absolute Gasteiger partial charge is 0.274 e. The SMILES string of the molecule is COc1cccc2c1nc(N)n1cc(C(=O)N3C4CCC3COC4)nc21. The molecule has 2 atom stereocenters. The number of ether oxygens (including phenoxy) is 2. The lowest BCUT2D eigenvalue weighted by Gasteiger charge is -2.34. The van der Waals surface area contributed by atoms with Crippen molar-refractivity contribution in [2.24, 2.45) is 0 Å². The number of carbonyl (C=O) groups excluding carboxylic acids is 1. The van der Waals surface area contributed by atoms with Crippen molar-refractivity contribution in [3.8, 4) is 5.75 Å². The number of nitrogens with zero attached hydrogens (tertiary/aromatic N) is 4. The quantitative estimate of drug-likeness (QED) is 0.750. The zero-order valence-corrected chi connectivity index (χ0v) is 14.4. The molecule has 134 valence electrons. The van der Waals surface area contributed by atoms with Crippen molar-refractivity contribution in [1.29, 1.82) is 0 Å². The van der Waals surface area contributed by atoms with E-state index in [2.05, 4.69) is 9.97 Å². The van der Waals surface area contributed by atoms with Crippen LogP contribution in [0.4, 0.5) is 5.95 Å². The molecular weight excluding hydrogens is 334 g/mol. The normalized spacial score (nSPS) is 22.3. The molecule has 5 rings (SSSR count). The van der Waals surface area contributed by atoms with Gasteiger partial charge in [-0.1, -0.05) is 6.07 Å². The minimum absolute atomic E-state index is 0.0695. The highest BCUT2D eigenvalue weighted by Crippen LogP contribution is 2.32. The molecule has 1 aromatic carbocycles. The van der Waals surface area contributed by atoms with Crippen molar-refractivity contribution in [2.75, 3.05) is 26.1 Å². The van der Waals surface area contributed by atoms with Crippen molar-refractivity contribution >= 4 is 28.4 Å². The van der Waals surface area contributed by atoms with E-state index in [1.807, 2.05) is 23.1 Å². The fraction of sp³-hybridized carbons (Fsp3) is 0.389. The van der Waals surface area contributed by atoms with E-state index in [1.165, 1.54) is 0 Å². The van der Waals surface area contributed by atoms with Crippen molar-refractivity contribution in [3.63, 3.8) is 0 Å². The summed E-state index contributed by atoms with van der Waals surface area (Å²) in [5.41, 5.74) is 7.74. The predicted molar refractivity (Wildman–Crippen MR) is 95.3 cm³/mol. The minimum atomic E-state index is -0.0695. The largest absolute Gasteiger partial charge is 0.494 e. The summed E-state index contributed by atoms with van der Waals surface area (Å²) in [7, 11) is 1.59. The number of hydrogen-bond acceptors (Lipinski definition) is 6. The molecule has 2 aromatic heterocycles. The van der Waals surface area contributed by atoms with Gasteiger partial charge in [-0.2, -0.15) is 0 Å². The lowest BCUT2D eigenvalue weighted by atomic mass is 10.2. The summed E-state index contributed by atoms with van der Waals surface area (Å²) in [6, 6.07) is 5.87. The molecule has 2 fully saturated rings. The lowest BCUT2D eigenvalue weighted by Crippen LogP contribution is -2.49. The Bertz CT molecular complexity index is 1010. The molecule has 2 saturated heterocycles. The number of morpholine rings is 1. The van der Waals surface area contributed by atoms with Gasteiger partial charge in [-0.05, 0) is 25.0 Å². The van der Waals surface area contributed by atoms with E-state index < -0.39 is 0 Å². The molecule has 2 aliphatic rings. The number of nitrogens with two attached hydrogens (primary N) is 1. The first-order chi connectivity index (χ1) is 12.7. The highest BCUT2D eigenvalue weighted by Gasteiger charge is 2.41. The Balaban J connectivity index is 1.65. The second kappa shape index (κ2) is 5.57. The molecule has 8 heteroatoms. The van der Waals surface area contributed by atoms with Gasteiger partial charge >= 0.3 is 0 Å². The van der Waals surface area contributed by atoms with E-state index in [9.17, 15) is 4.79 Å². The maximum absolute atomic E-state index is 13.1. The van der Waals surface area contributed by atoms with Crippen LogP contribution in [0.3, 0.4) is 0 Å². The molecule has 2 aliphatic heterocycles. The topological polar surface area (TPSA) is 95.0 Å². The molecular formula is C18H19N5O3. The zero-order valence-electron chi connectivity index (χ0n) is 14.4. The standard InChI is InChI=1S/C18H19N5O3/c1-25-14-4-2-3-12-15(14)21-18(19)22-7-13(20-16(12)22)17(24)23-10-5-6-11(23)9-26-8-10/h2-4,7,10-11H,5-6,8-9H2,1H3,(H2,19,21). The van der Waals surface area contributed by atoms with Gasteiger partial charge in [-0.25, -0.2) is 9.97 Å². The number of anilines is 1. The molecule has 0 saturated carbocycles. The summed E-state index contributed by atoms with van der Waals surface area (Å²) in [5.74, 6) is 0.826. The Morgan fingerprint density at radius 1 is 1.27 bits per heavy atom. The van der Waals surface area contributed by atoms with Gasteiger partial charge in [0.1, 0.15) is 22.6 Å². The molecule has 1 amide bonds. The van der Waals surface area contributed by atoms with Crippen LogP contribution in [0.15, 0.2) is 24.4 Å². The van der Waals surface area contributed by atoms with Gasteiger partial charge in [0.05, 0.1) is 32.4 Å². The van der Waals surface area contributed by atoms with Crippen LogP contribution in [0, 0.1) is 0 Å². The molecule has 26 heavy (non-hydrogen) atoms. The van der Waals surface area contributed by atoms with Crippen LogP contribution >= 0.6 is 0 Å². The third-order valence-electron chi connectivity index (χ3n) is 5.33. The second-order valence-electron chi connectivity index (χ2n) is 6.78. The molecule has 0 aliphatic carbocycles. The summed E-state index contributed by atoms with van der Waals surface area (Å²) < 4.78 is 12.6. The highest BCUT2D eigenvalue weighted by molar-refractivity contribution is 5.99. The van der Waals surface area contributed by atoms with Crippen LogP contribution in [-0.4, -0.2) is 57.6 Å². The van der Waals surface area contributed by atoms with E-state index in [0.29, 0.717) is 35.8 Å². The molecule has 8 nitrogen and oxygen atoms in total. The van der Waals surface area contributed by atoms with Crippen molar-refractivity contribution in [2.45, 2.75) is 24.9 Å². The zero-order chi connectivity index (χ0) is 17.8. The van der Waals surface area contributed by atoms with E-state index in [4.69, 9.17) is 15.2 Å². The number of carbonyl (C=O) groups is 1. The van der Waals surface area contributed by atoms with Gasteiger partial charge in [0.25, 0.3) is 5.91 Å². The number of nitrogen functional groups attached to an aromatic ring is 1. The summed E-state index contributed by atoms with van der Waals surface area (Å²) >= 11 is 0. The van der Waals surface area contributed by atoms with Gasteiger partial charge in [0.15, 0.2) is 0 Å². The van der Waals surface area contributed by atoms with Crippen LogP contribution in [0.5, 0.6) is 5.75 Å². The first kappa shape index (κ1) is 15.4. The number of imidazole rings is 1. The fourth-order valence-corrected chi connectivity index (χ4v) is 4.09. The molecule has 2 bridgehead atoms. The van der Waals surface area contributed by atoms with Crippen LogP contribution in [-0.2, 0) is 4.74 Å². The Hall–Kier alpha value is -2.87. The summed E-state index contributed by atoms with van der Waals surface area (Å²) in [6.45, 7) is 1.19. The van der Waals surface area contributed by atoms with Crippen LogP contribution in [0.2, 0.25) is 0 Å². The Morgan fingerprint density at radius 2 is 2.04 bits per heavy atom. The Kier molecular flexibility index (Phi) is 3.30. The van der Waals surface area contributed by atoms with Crippen molar-refractivity contribution in [3.05, 3.63) is 30.1 Å².